The Bertz CT molecular complexity index is 973. The first kappa shape index (κ1) is 21.0. The molecule has 0 bridgehead atoms. The summed E-state index contributed by atoms with van der Waals surface area (Å²) in [6.45, 7) is 5.39. The van der Waals surface area contributed by atoms with Gasteiger partial charge in [-0.25, -0.2) is 0 Å². The number of aromatic nitrogens is 1. The predicted octanol–water partition coefficient (Wildman–Crippen LogP) is 2.69. The van der Waals surface area contributed by atoms with Crippen LogP contribution in [-0.4, -0.2) is 25.1 Å². The Kier molecular flexibility index (Phi) is 6.83. The Morgan fingerprint density at radius 3 is 2.61 bits per heavy atom. The van der Waals surface area contributed by atoms with Crippen molar-refractivity contribution in [1.29, 1.82) is 5.26 Å². The first-order chi connectivity index (χ1) is 13.3. The lowest BCUT2D eigenvalue weighted by atomic mass is 9.98. The van der Waals surface area contributed by atoms with Crippen LogP contribution in [0.1, 0.15) is 47.3 Å². The smallest absolute Gasteiger partial charge is 0.266 e. The van der Waals surface area contributed by atoms with Crippen LogP contribution in [0, 0.1) is 25.2 Å². The van der Waals surface area contributed by atoms with Crippen molar-refractivity contribution in [3.05, 3.63) is 56.5 Å². The molecule has 7 heteroatoms. The molecule has 1 aromatic heterocycles. The number of hydrogen-bond donors (Lipinski definition) is 2. The van der Waals surface area contributed by atoms with Crippen molar-refractivity contribution in [2.24, 2.45) is 0 Å². The van der Waals surface area contributed by atoms with E-state index in [0.29, 0.717) is 29.2 Å². The lowest BCUT2D eigenvalue weighted by Gasteiger charge is -2.18. The van der Waals surface area contributed by atoms with Crippen molar-refractivity contribution in [1.82, 2.24) is 10.3 Å². The summed E-state index contributed by atoms with van der Waals surface area (Å²) in [6.07, 6.45) is 0.669. The quantitative estimate of drug-likeness (QED) is 0.765. The normalized spacial score (nSPS) is 11.4. The van der Waals surface area contributed by atoms with Gasteiger partial charge in [-0.15, -0.1) is 0 Å². The number of nitrogens with zero attached hydrogens (tertiary/aromatic N) is 1. The maximum absolute atomic E-state index is 12.5. The van der Waals surface area contributed by atoms with Crippen molar-refractivity contribution in [3.8, 4) is 17.6 Å². The molecule has 2 N–H and O–H groups in total. The lowest BCUT2D eigenvalue weighted by Crippen LogP contribution is -2.27. The zero-order chi connectivity index (χ0) is 20.8. The van der Waals surface area contributed by atoms with Gasteiger partial charge in [0, 0.05) is 23.7 Å². The summed E-state index contributed by atoms with van der Waals surface area (Å²) in [5.41, 5.74) is 2.67. The highest BCUT2D eigenvalue weighted by molar-refractivity contribution is 5.77. The molecule has 1 aromatic carbocycles. The minimum Gasteiger partial charge on any atom is -0.497 e. The van der Waals surface area contributed by atoms with Crippen LogP contribution in [0.3, 0.4) is 0 Å². The third-order valence-corrected chi connectivity index (χ3v) is 4.81. The molecule has 0 aliphatic rings. The van der Waals surface area contributed by atoms with Gasteiger partial charge in [-0.3, -0.25) is 9.59 Å². The van der Waals surface area contributed by atoms with E-state index in [1.54, 1.807) is 34.1 Å². The van der Waals surface area contributed by atoms with Crippen molar-refractivity contribution in [2.45, 2.75) is 39.7 Å². The molecule has 2 aromatic rings. The molecule has 0 radical (unpaired) electrons. The van der Waals surface area contributed by atoms with Gasteiger partial charge < -0.3 is 19.8 Å². The van der Waals surface area contributed by atoms with E-state index in [4.69, 9.17) is 14.7 Å². The predicted molar refractivity (Wildman–Crippen MR) is 106 cm³/mol. The number of aromatic amines is 1. The van der Waals surface area contributed by atoms with E-state index in [0.717, 1.165) is 11.1 Å². The van der Waals surface area contributed by atoms with E-state index in [9.17, 15) is 9.59 Å². The summed E-state index contributed by atoms with van der Waals surface area (Å²) < 4.78 is 10.6. The minimum absolute atomic E-state index is 0.0948. The lowest BCUT2D eigenvalue weighted by molar-refractivity contribution is -0.121. The van der Waals surface area contributed by atoms with E-state index >= 15 is 0 Å². The molecular weight excluding hydrogens is 358 g/mol. The Balaban J connectivity index is 2.10. The van der Waals surface area contributed by atoms with Crippen molar-refractivity contribution in [3.63, 3.8) is 0 Å². The second kappa shape index (κ2) is 9.09. The summed E-state index contributed by atoms with van der Waals surface area (Å²) in [6, 6.07) is 7.12. The number of methoxy groups -OCH3 is 2. The molecule has 2 rings (SSSR count). The van der Waals surface area contributed by atoms with Crippen molar-refractivity contribution < 1.29 is 14.3 Å². The molecule has 28 heavy (non-hydrogen) atoms. The zero-order valence-electron chi connectivity index (χ0n) is 16.8. The molecular formula is C21H25N3O4. The highest BCUT2D eigenvalue weighted by Crippen LogP contribution is 2.29. The van der Waals surface area contributed by atoms with Gasteiger partial charge in [-0.1, -0.05) is 0 Å². The van der Waals surface area contributed by atoms with Crippen molar-refractivity contribution in [2.75, 3.05) is 14.2 Å². The third-order valence-electron chi connectivity index (χ3n) is 4.81. The fourth-order valence-corrected chi connectivity index (χ4v) is 3.23. The van der Waals surface area contributed by atoms with Crippen LogP contribution in [0.15, 0.2) is 23.0 Å². The topological polar surface area (TPSA) is 104 Å². The molecule has 0 saturated carbocycles. The van der Waals surface area contributed by atoms with Gasteiger partial charge in [0.05, 0.1) is 20.3 Å². The molecule has 7 nitrogen and oxygen atoms in total. The molecule has 0 fully saturated rings. The number of rotatable bonds is 7. The molecule has 1 amide bonds. The van der Waals surface area contributed by atoms with Gasteiger partial charge in [0.2, 0.25) is 5.91 Å². The largest absolute Gasteiger partial charge is 0.497 e. The Hall–Kier alpha value is -3.27. The molecule has 1 atom stereocenters. The first-order valence-electron chi connectivity index (χ1n) is 8.96. The SMILES string of the molecule is COc1ccc(C(C)NC(=O)CCc2c(C)[nH]c(=O)c(C#N)c2C)c(OC)c1. The fraction of sp³-hybridized carbons (Fsp3) is 0.381. The summed E-state index contributed by atoms with van der Waals surface area (Å²) in [5, 5.41) is 12.1. The molecule has 1 unspecified atom stereocenters. The number of amides is 1. The summed E-state index contributed by atoms with van der Waals surface area (Å²) in [7, 11) is 3.15. The maximum atomic E-state index is 12.5. The highest BCUT2D eigenvalue weighted by atomic mass is 16.5. The van der Waals surface area contributed by atoms with Crippen LogP contribution in [-0.2, 0) is 11.2 Å². The standard InChI is InChI=1S/C21H25N3O4/c1-12-16(13(2)24-21(26)18(12)11-22)8-9-20(25)23-14(3)17-7-6-15(27-4)10-19(17)28-5/h6-7,10,14H,8-9H2,1-5H3,(H,23,25)(H,24,26). The monoisotopic (exact) mass is 383 g/mol. The Labute approximate surface area is 164 Å². The Morgan fingerprint density at radius 2 is 2.00 bits per heavy atom. The van der Waals surface area contributed by atoms with Gasteiger partial charge in [0.15, 0.2) is 0 Å². The van der Waals surface area contributed by atoms with Crippen LogP contribution >= 0.6 is 0 Å². The van der Waals surface area contributed by atoms with Gasteiger partial charge in [0.25, 0.3) is 5.56 Å². The average Bonchev–Trinajstić information content (AvgIpc) is 2.67. The number of hydrogen-bond acceptors (Lipinski definition) is 5. The van der Waals surface area contributed by atoms with Gasteiger partial charge in [0.1, 0.15) is 23.1 Å². The van der Waals surface area contributed by atoms with Gasteiger partial charge in [-0.2, -0.15) is 5.26 Å². The number of aryl methyl sites for hydroxylation is 1. The molecule has 0 saturated heterocycles. The number of H-pyrrole nitrogens is 1. The number of nitriles is 1. The van der Waals surface area contributed by atoms with E-state index in [2.05, 4.69) is 10.3 Å². The van der Waals surface area contributed by atoms with E-state index < -0.39 is 5.56 Å². The molecule has 0 aliphatic carbocycles. The minimum atomic E-state index is -0.397. The number of carbonyl (C=O) groups excluding carboxylic acids is 1. The summed E-state index contributed by atoms with van der Waals surface area (Å²) >= 11 is 0. The van der Waals surface area contributed by atoms with Crippen LogP contribution in [0.2, 0.25) is 0 Å². The first-order valence-corrected chi connectivity index (χ1v) is 8.96. The zero-order valence-corrected chi connectivity index (χ0v) is 16.8. The summed E-state index contributed by atoms with van der Waals surface area (Å²) in [5.74, 6) is 1.18. The second-order valence-corrected chi connectivity index (χ2v) is 6.57. The number of ether oxygens (including phenoxy) is 2. The highest BCUT2D eigenvalue weighted by Gasteiger charge is 2.17. The third kappa shape index (κ3) is 4.52. The van der Waals surface area contributed by atoms with Crippen LogP contribution in [0.4, 0.5) is 0 Å². The second-order valence-electron chi connectivity index (χ2n) is 6.57. The van der Waals surface area contributed by atoms with Crippen molar-refractivity contribution >= 4 is 5.91 Å². The number of benzene rings is 1. The van der Waals surface area contributed by atoms with Crippen LogP contribution < -0.4 is 20.3 Å². The van der Waals surface area contributed by atoms with Crippen LogP contribution in [0.25, 0.3) is 0 Å². The summed E-state index contributed by atoms with van der Waals surface area (Å²) in [4.78, 5) is 26.9. The number of pyridine rings is 1. The molecule has 1 heterocycles. The Morgan fingerprint density at radius 1 is 1.29 bits per heavy atom. The molecule has 148 valence electrons. The average molecular weight is 383 g/mol. The van der Waals surface area contributed by atoms with Gasteiger partial charge >= 0.3 is 0 Å². The number of nitrogens with one attached hydrogen (secondary N) is 2. The van der Waals surface area contributed by atoms with Crippen LogP contribution in [0.5, 0.6) is 11.5 Å². The fourth-order valence-electron chi connectivity index (χ4n) is 3.23. The number of carbonyl (C=O) groups is 1. The van der Waals surface area contributed by atoms with E-state index in [1.165, 1.54) is 0 Å². The molecule has 0 spiro atoms. The van der Waals surface area contributed by atoms with E-state index in [-0.39, 0.29) is 23.9 Å². The van der Waals surface area contributed by atoms with E-state index in [1.807, 2.05) is 25.1 Å². The molecule has 0 aliphatic heterocycles. The van der Waals surface area contributed by atoms with Gasteiger partial charge in [-0.05, 0) is 50.5 Å². The maximum Gasteiger partial charge on any atom is 0.266 e.